The van der Waals surface area contributed by atoms with E-state index in [1.54, 1.807) is 24.3 Å². The smallest absolute Gasteiger partial charge is 0.300 e. The molecular weight excluding hydrogens is 417 g/mol. The highest BCUT2D eigenvalue weighted by atomic mass is 19.1. The Labute approximate surface area is 190 Å². The molecule has 1 aliphatic rings. The van der Waals surface area contributed by atoms with Crippen molar-refractivity contribution in [3.8, 4) is 0 Å². The fourth-order valence-electron chi connectivity index (χ4n) is 4.37. The van der Waals surface area contributed by atoms with E-state index in [2.05, 4.69) is 0 Å². The Hall–Kier alpha value is -4.25. The lowest BCUT2D eigenvalue weighted by Crippen LogP contribution is -2.29. The average Bonchev–Trinajstić information content (AvgIpc) is 3.09. The number of benzene rings is 4. The maximum absolute atomic E-state index is 14.0. The van der Waals surface area contributed by atoms with Crippen LogP contribution in [0.4, 0.5) is 10.1 Å². The molecule has 1 fully saturated rings. The van der Waals surface area contributed by atoms with Gasteiger partial charge in [0.1, 0.15) is 11.6 Å². The summed E-state index contributed by atoms with van der Waals surface area (Å²) in [5, 5.41) is 13.2. The highest BCUT2D eigenvalue weighted by Gasteiger charge is 2.47. The Balaban J connectivity index is 1.74. The summed E-state index contributed by atoms with van der Waals surface area (Å²) in [5.41, 5.74) is 2.25. The van der Waals surface area contributed by atoms with Crippen molar-refractivity contribution in [1.29, 1.82) is 0 Å². The van der Waals surface area contributed by atoms with Crippen molar-refractivity contribution in [3.63, 3.8) is 0 Å². The van der Waals surface area contributed by atoms with Crippen LogP contribution in [-0.2, 0) is 9.59 Å². The van der Waals surface area contributed by atoms with Gasteiger partial charge in [-0.05, 0) is 47.5 Å². The highest BCUT2D eigenvalue weighted by Crippen LogP contribution is 2.42. The van der Waals surface area contributed by atoms with E-state index < -0.39 is 23.5 Å². The Morgan fingerprint density at radius 2 is 1.61 bits per heavy atom. The number of carbonyl (C=O) groups is 2. The van der Waals surface area contributed by atoms with Gasteiger partial charge < -0.3 is 5.11 Å². The molecule has 1 N–H and O–H groups in total. The molecule has 33 heavy (non-hydrogen) atoms. The van der Waals surface area contributed by atoms with Gasteiger partial charge in [-0.1, -0.05) is 72.3 Å². The van der Waals surface area contributed by atoms with E-state index in [0.29, 0.717) is 11.1 Å². The molecule has 1 amide bonds. The molecule has 1 saturated heterocycles. The van der Waals surface area contributed by atoms with Gasteiger partial charge in [-0.2, -0.15) is 0 Å². The van der Waals surface area contributed by atoms with Crippen LogP contribution in [0, 0.1) is 12.7 Å². The predicted octanol–water partition coefficient (Wildman–Crippen LogP) is 5.91. The third kappa shape index (κ3) is 3.57. The van der Waals surface area contributed by atoms with E-state index in [1.165, 1.54) is 23.1 Å². The summed E-state index contributed by atoms with van der Waals surface area (Å²) in [6.07, 6.45) is 0. The monoisotopic (exact) mass is 437 g/mol. The molecule has 5 rings (SSSR count). The molecular formula is C28H20FNO3. The molecule has 0 radical (unpaired) electrons. The van der Waals surface area contributed by atoms with Gasteiger partial charge in [0.15, 0.2) is 0 Å². The number of hydrogen-bond donors (Lipinski definition) is 1. The molecule has 0 aromatic heterocycles. The SMILES string of the molecule is Cc1cccc(C2/C(=C(/O)c3ccc4ccccc4c3)C(=O)C(=O)N2c2cccc(F)c2)c1. The maximum Gasteiger partial charge on any atom is 0.300 e. The number of nitrogens with zero attached hydrogens (tertiary/aromatic N) is 1. The molecule has 1 atom stereocenters. The predicted molar refractivity (Wildman–Crippen MR) is 126 cm³/mol. The number of Topliss-reactive ketones (excluding diaryl/α,β-unsaturated/α-hetero) is 1. The van der Waals surface area contributed by atoms with Crippen LogP contribution in [0.5, 0.6) is 0 Å². The van der Waals surface area contributed by atoms with Crippen molar-refractivity contribution in [2.75, 3.05) is 4.90 Å². The average molecular weight is 437 g/mol. The minimum atomic E-state index is -0.891. The number of aliphatic hydroxyl groups is 1. The minimum absolute atomic E-state index is 0.0230. The van der Waals surface area contributed by atoms with Crippen molar-refractivity contribution < 1.29 is 19.1 Å². The summed E-state index contributed by atoms with van der Waals surface area (Å²) < 4.78 is 14.0. The molecule has 4 nitrogen and oxygen atoms in total. The normalized spacial score (nSPS) is 17.6. The van der Waals surface area contributed by atoms with Gasteiger partial charge in [-0.3, -0.25) is 14.5 Å². The summed E-state index contributed by atoms with van der Waals surface area (Å²) >= 11 is 0. The first-order valence-electron chi connectivity index (χ1n) is 10.6. The number of fused-ring (bicyclic) bond motifs is 1. The molecule has 0 spiro atoms. The first-order valence-corrected chi connectivity index (χ1v) is 10.6. The molecule has 5 heteroatoms. The molecule has 0 bridgehead atoms. The van der Waals surface area contributed by atoms with Crippen molar-refractivity contribution in [2.24, 2.45) is 0 Å². The summed E-state index contributed by atoms with van der Waals surface area (Å²) in [7, 11) is 0. The third-order valence-corrected chi connectivity index (χ3v) is 5.91. The molecule has 1 aliphatic heterocycles. The largest absolute Gasteiger partial charge is 0.507 e. The first kappa shape index (κ1) is 20.6. The number of rotatable bonds is 3. The zero-order valence-corrected chi connectivity index (χ0v) is 17.8. The van der Waals surface area contributed by atoms with Crippen molar-refractivity contribution in [1.82, 2.24) is 0 Å². The van der Waals surface area contributed by atoms with Crippen molar-refractivity contribution in [2.45, 2.75) is 13.0 Å². The van der Waals surface area contributed by atoms with Crippen LogP contribution in [0.25, 0.3) is 16.5 Å². The van der Waals surface area contributed by atoms with E-state index in [0.717, 1.165) is 16.3 Å². The minimum Gasteiger partial charge on any atom is -0.507 e. The fraction of sp³-hybridized carbons (Fsp3) is 0.0714. The number of hydrogen-bond acceptors (Lipinski definition) is 3. The zero-order valence-electron chi connectivity index (χ0n) is 17.8. The zero-order chi connectivity index (χ0) is 23.1. The number of amides is 1. The second-order valence-electron chi connectivity index (χ2n) is 8.13. The number of aliphatic hydroxyl groups excluding tert-OH is 1. The quantitative estimate of drug-likeness (QED) is 0.246. The number of ketones is 1. The van der Waals surface area contributed by atoms with Gasteiger partial charge in [0.25, 0.3) is 11.7 Å². The van der Waals surface area contributed by atoms with Gasteiger partial charge in [0.2, 0.25) is 0 Å². The Morgan fingerprint density at radius 3 is 2.36 bits per heavy atom. The van der Waals surface area contributed by atoms with Crippen LogP contribution in [0.2, 0.25) is 0 Å². The van der Waals surface area contributed by atoms with Crippen LogP contribution in [-0.4, -0.2) is 16.8 Å². The Bertz CT molecular complexity index is 1460. The van der Waals surface area contributed by atoms with Crippen molar-refractivity contribution in [3.05, 3.63) is 119 Å². The topological polar surface area (TPSA) is 57.6 Å². The number of anilines is 1. The van der Waals surface area contributed by atoms with Gasteiger partial charge in [-0.25, -0.2) is 4.39 Å². The van der Waals surface area contributed by atoms with E-state index in [-0.39, 0.29) is 17.0 Å². The Kier molecular flexibility index (Phi) is 5.02. The summed E-state index contributed by atoms with van der Waals surface area (Å²) in [5.74, 6) is -2.40. The van der Waals surface area contributed by atoms with Crippen LogP contribution in [0.1, 0.15) is 22.7 Å². The molecule has 0 saturated carbocycles. The number of carbonyl (C=O) groups excluding carboxylic acids is 2. The van der Waals surface area contributed by atoms with Crippen LogP contribution >= 0.6 is 0 Å². The second-order valence-corrected chi connectivity index (χ2v) is 8.13. The standard InChI is InChI=1S/C28H20FNO3/c1-17-6-4-9-20(14-17)25-24(26(31)21-13-12-18-7-2-3-8-19(18)15-21)27(32)28(33)30(25)23-11-5-10-22(29)16-23/h2-16,25,31H,1H3/b26-24-. The first-order chi connectivity index (χ1) is 15.9. The molecule has 162 valence electrons. The fourth-order valence-corrected chi connectivity index (χ4v) is 4.37. The third-order valence-electron chi connectivity index (χ3n) is 5.91. The lowest BCUT2D eigenvalue weighted by Gasteiger charge is -2.25. The lowest BCUT2D eigenvalue weighted by atomic mass is 9.93. The molecule has 0 aliphatic carbocycles. The van der Waals surface area contributed by atoms with E-state index >= 15 is 0 Å². The molecule has 1 unspecified atom stereocenters. The Morgan fingerprint density at radius 1 is 0.848 bits per heavy atom. The van der Waals surface area contributed by atoms with E-state index in [4.69, 9.17) is 0 Å². The summed E-state index contributed by atoms with van der Waals surface area (Å²) in [6.45, 7) is 1.90. The van der Waals surface area contributed by atoms with Crippen molar-refractivity contribution >= 4 is 33.9 Å². The van der Waals surface area contributed by atoms with Gasteiger partial charge in [0, 0.05) is 11.3 Å². The van der Waals surface area contributed by atoms with Gasteiger partial charge >= 0.3 is 0 Å². The van der Waals surface area contributed by atoms with Gasteiger partial charge in [-0.15, -0.1) is 0 Å². The number of aryl methyl sites for hydroxylation is 1. The summed E-state index contributed by atoms with van der Waals surface area (Å²) in [4.78, 5) is 27.6. The lowest BCUT2D eigenvalue weighted by molar-refractivity contribution is -0.132. The molecule has 4 aromatic carbocycles. The highest BCUT2D eigenvalue weighted by molar-refractivity contribution is 6.51. The maximum atomic E-state index is 14.0. The van der Waals surface area contributed by atoms with Gasteiger partial charge in [0.05, 0.1) is 11.6 Å². The van der Waals surface area contributed by atoms with Crippen LogP contribution in [0.15, 0.2) is 96.6 Å². The van der Waals surface area contributed by atoms with E-state index in [9.17, 15) is 19.1 Å². The van der Waals surface area contributed by atoms with Crippen LogP contribution < -0.4 is 4.90 Å². The molecule has 4 aromatic rings. The van der Waals surface area contributed by atoms with E-state index in [1.807, 2.05) is 55.5 Å². The molecule has 1 heterocycles. The number of halogens is 1. The second kappa shape index (κ2) is 8.02. The summed E-state index contributed by atoms with van der Waals surface area (Å²) in [6, 6.07) is 25.1. The van der Waals surface area contributed by atoms with Crippen LogP contribution in [0.3, 0.4) is 0 Å².